The van der Waals surface area contributed by atoms with E-state index in [2.05, 4.69) is 11.1 Å². The standard InChI is InChI=1S/C23H17N3O2S3/c1-15-25-20-8-7-19(13-23(20)30-15)31(27,28)26-10-11-29-22-9-6-18(12-21(22)26)17-4-2-16(14-24)3-5-17/h2-9,12-13H,10-11H2,1H3. The summed E-state index contributed by atoms with van der Waals surface area (Å²) in [6, 6.07) is 20.5. The third-order valence-corrected chi connectivity index (χ3v) is 8.97. The van der Waals surface area contributed by atoms with Crippen LogP contribution in [0.15, 0.2) is 70.5 Å². The van der Waals surface area contributed by atoms with Crippen LogP contribution >= 0.6 is 23.1 Å². The molecule has 2 heterocycles. The van der Waals surface area contributed by atoms with Crippen molar-refractivity contribution in [2.45, 2.75) is 16.7 Å². The predicted octanol–water partition coefficient (Wildman–Crippen LogP) is 5.44. The van der Waals surface area contributed by atoms with Crippen LogP contribution in [0.5, 0.6) is 0 Å². The molecule has 4 aromatic rings. The van der Waals surface area contributed by atoms with Crippen LogP contribution in [0.25, 0.3) is 21.3 Å². The molecule has 1 aromatic heterocycles. The molecule has 3 aromatic carbocycles. The van der Waals surface area contributed by atoms with Gasteiger partial charge in [0, 0.05) is 17.2 Å². The number of fused-ring (bicyclic) bond motifs is 2. The van der Waals surface area contributed by atoms with Crippen molar-refractivity contribution < 1.29 is 8.42 Å². The quantitative estimate of drug-likeness (QED) is 0.404. The van der Waals surface area contributed by atoms with Gasteiger partial charge >= 0.3 is 0 Å². The van der Waals surface area contributed by atoms with Crippen LogP contribution in [0.3, 0.4) is 0 Å². The minimum Gasteiger partial charge on any atom is -0.264 e. The van der Waals surface area contributed by atoms with E-state index in [-0.39, 0.29) is 4.90 Å². The molecule has 5 rings (SSSR count). The number of hydrogen-bond donors (Lipinski definition) is 0. The Morgan fingerprint density at radius 1 is 1.03 bits per heavy atom. The molecule has 5 nitrogen and oxygen atoms in total. The lowest BCUT2D eigenvalue weighted by atomic mass is 10.0. The third kappa shape index (κ3) is 3.59. The summed E-state index contributed by atoms with van der Waals surface area (Å²) in [5.74, 6) is 0.699. The molecule has 1 aliphatic rings. The zero-order chi connectivity index (χ0) is 21.6. The molecule has 0 atom stereocenters. The van der Waals surface area contributed by atoms with Crippen molar-refractivity contribution in [2.75, 3.05) is 16.6 Å². The minimum atomic E-state index is -3.71. The van der Waals surface area contributed by atoms with Gasteiger partial charge in [0.2, 0.25) is 0 Å². The Labute approximate surface area is 189 Å². The Kier molecular flexibility index (Phi) is 4.97. The van der Waals surface area contributed by atoms with Gasteiger partial charge < -0.3 is 0 Å². The normalized spacial score (nSPS) is 13.7. The molecule has 0 radical (unpaired) electrons. The second kappa shape index (κ2) is 7.68. The van der Waals surface area contributed by atoms with Gasteiger partial charge in [-0.05, 0) is 60.5 Å². The van der Waals surface area contributed by atoms with E-state index in [1.807, 2.05) is 37.3 Å². The summed E-state index contributed by atoms with van der Waals surface area (Å²) >= 11 is 3.16. The van der Waals surface area contributed by atoms with E-state index < -0.39 is 10.0 Å². The SMILES string of the molecule is Cc1nc2ccc(S(=O)(=O)N3CCSc4ccc(-c5ccc(C#N)cc5)cc43)cc2s1. The lowest BCUT2D eigenvalue weighted by molar-refractivity contribution is 0.591. The molecule has 0 amide bonds. The van der Waals surface area contributed by atoms with Gasteiger partial charge in [0.25, 0.3) is 10.0 Å². The average molecular weight is 464 g/mol. The van der Waals surface area contributed by atoms with E-state index >= 15 is 0 Å². The molecule has 154 valence electrons. The molecule has 0 spiro atoms. The highest BCUT2D eigenvalue weighted by Gasteiger charge is 2.30. The number of sulfonamides is 1. The monoisotopic (exact) mass is 463 g/mol. The molecule has 0 aliphatic carbocycles. The van der Waals surface area contributed by atoms with Crippen molar-refractivity contribution in [3.05, 3.63) is 71.2 Å². The number of nitriles is 1. The van der Waals surface area contributed by atoms with E-state index in [4.69, 9.17) is 5.26 Å². The molecule has 0 fully saturated rings. The van der Waals surface area contributed by atoms with E-state index in [9.17, 15) is 8.42 Å². The first-order chi connectivity index (χ1) is 15.0. The minimum absolute atomic E-state index is 0.283. The molecule has 0 saturated carbocycles. The number of benzene rings is 3. The van der Waals surface area contributed by atoms with Crippen LogP contribution in [0.2, 0.25) is 0 Å². The molecule has 0 bridgehead atoms. The van der Waals surface area contributed by atoms with Gasteiger partial charge in [-0.25, -0.2) is 13.4 Å². The number of rotatable bonds is 3. The summed E-state index contributed by atoms with van der Waals surface area (Å²) in [6.07, 6.45) is 0. The summed E-state index contributed by atoms with van der Waals surface area (Å²) in [6.45, 7) is 2.33. The fourth-order valence-corrected chi connectivity index (χ4v) is 7.26. The second-order valence-corrected chi connectivity index (χ2v) is 11.4. The van der Waals surface area contributed by atoms with E-state index in [0.717, 1.165) is 31.2 Å². The Morgan fingerprint density at radius 3 is 2.58 bits per heavy atom. The van der Waals surface area contributed by atoms with E-state index in [1.54, 1.807) is 42.1 Å². The van der Waals surface area contributed by atoms with Crippen molar-refractivity contribution in [3.63, 3.8) is 0 Å². The van der Waals surface area contributed by atoms with Gasteiger partial charge in [-0.1, -0.05) is 18.2 Å². The Balaban J connectivity index is 1.58. The fourth-order valence-electron chi connectivity index (χ4n) is 3.67. The van der Waals surface area contributed by atoms with Crippen LogP contribution in [0, 0.1) is 18.3 Å². The van der Waals surface area contributed by atoms with E-state index in [1.165, 1.54) is 15.6 Å². The summed E-state index contributed by atoms with van der Waals surface area (Å²) in [4.78, 5) is 5.66. The van der Waals surface area contributed by atoms with E-state index in [0.29, 0.717) is 23.5 Å². The maximum atomic E-state index is 13.6. The van der Waals surface area contributed by atoms with Crippen molar-refractivity contribution in [2.24, 2.45) is 0 Å². The van der Waals surface area contributed by atoms with Gasteiger partial charge in [-0.2, -0.15) is 5.26 Å². The molecular formula is C23H17N3O2S3. The molecule has 0 unspecified atom stereocenters. The summed E-state index contributed by atoms with van der Waals surface area (Å²) in [5.41, 5.74) is 3.96. The Hall–Kier alpha value is -2.86. The molecule has 0 N–H and O–H groups in total. The first-order valence-corrected chi connectivity index (χ1v) is 12.9. The number of aryl methyl sites for hydroxylation is 1. The first kappa shape index (κ1) is 20.1. The highest BCUT2D eigenvalue weighted by molar-refractivity contribution is 8.00. The number of thioether (sulfide) groups is 1. The molecule has 8 heteroatoms. The Bertz CT molecular complexity index is 1450. The van der Waals surface area contributed by atoms with Crippen molar-refractivity contribution >= 4 is 49.0 Å². The second-order valence-electron chi connectivity index (χ2n) is 7.16. The van der Waals surface area contributed by atoms with Crippen LogP contribution in [-0.4, -0.2) is 25.7 Å². The third-order valence-electron chi connectivity index (χ3n) is 5.18. The summed E-state index contributed by atoms with van der Waals surface area (Å²) in [5, 5.41) is 9.94. The lowest BCUT2D eigenvalue weighted by Crippen LogP contribution is -2.35. The highest BCUT2D eigenvalue weighted by atomic mass is 32.2. The Morgan fingerprint density at radius 2 is 1.81 bits per heavy atom. The maximum Gasteiger partial charge on any atom is 0.264 e. The predicted molar refractivity (Wildman–Crippen MR) is 126 cm³/mol. The number of anilines is 1. The zero-order valence-electron chi connectivity index (χ0n) is 16.6. The summed E-state index contributed by atoms with van der Waals surface area (Å²) < 4.78 is 29.6. The van der Waals surface area contributed by atoms with Crippen molar-refractivity contribution in [1.29, 1.82) is 5.26 Å². The van der Waals surface area contributed by atoms with Gasteiger partial charge in [-0.3, -0.25) is 4.31 Å². The maximum absolute atomic E-state index is 13.6. The van der Waals surface area contributed by atoms with Crippen LogP contribution in [0.1, 0.15) is 10.6 Å². The number of aromatic nitrogens is 1. The van der Waals surface area contributed by atoms with Crippen LogP contribution in [0.4, 0.5) is 5.69 Å². The number of hydrogen-bond acceptors (Lipinski definition) is 6. The van der Waals surface area contributed by atoms with Gasteiger partial charge in [0.1, 0.15) is 0 Å². The smallest absolute Gasteiger partial charge is 0.264 e. The average Bonchev–Trinajstić information content (AvgIpc) is 3.17. The van der Waals surface area contributed by atoms with Crippen LogP contribution in [-0.2, 0) is 10.0 Å². The molecular weight excluding hydrogens is 446 g/mol. The summed E-state index contributed by atoms with van der Waals surface area (Å²) in [7, 11) is -3.71. The van der Waals surface area contributed by atoms with Crippen LogP contribution < -0.4 is 4.31 Å². The fraction of sp³-hybridized carbons (Fsp3) is 0.130. The largest absolute Gasteiger partial charge is 0.264 e. The topological polar surface area (TPSA) is 74.1 Å². The first-order valence-electron chi connectivity index (χ1n) is 9.63. The molecule has 0 saturated heterocycles. The van der Waals surface area contributed by atoms with Crippen molar-refractivity contribution in [3.8, 4) is 17.2 Å². The molecule has 31 heavy (non-hydrogen) atoms. The lowest BCUT2D eigenvalue weighted by Gasteiger charge is -2.30. The number of nitrogens with zero attached hydrogens (tertiary/aromatic N) is 3. The molecule has 1 aliphatic heterocycles. The number of thiazole rings is 1. The van der Waals surface area contributed by atoms with Gasteiger partial charge in [0.05, 0.1) is 37.4 Å². The zero-order valence-corrected chi connectivity index (χ0v) is 19.0. The van der Waals surface area contributed by atoms with Gasteiger partial charge in [0.15, 0.2) is 0 Å². The van der Waals surface area contributed by atoms with Gasteiger partial charge in [-0.15, -0.1) is 23.1 Å². The van der Waals surface area contributed by atoms with Crippen molar-refractivity contribution in [1.82, 2.24) is 4.98 Å². The highest BCUT2D eigenvalue weighted by Crippen LogP contribution is 2.40.